The summed E-state index contributed by atoms with van der Waals surface area (Å²) in [5.74, 6) is 5.33. The van der Waals surface area contributed by atoms with E-state index in [2.05, 4.69) is 24.0 Å². The van der Waals surface area contributed by atoms with Crippen LogP contribution in [0.15, 0.2) is 30.3 Å². The summed E-state index contributed by atoms with van der Waals surface area (Å²) in [5.41, 5.74) is 1.28. The van der Waals surface area contributed by atoms with Crippen molar-refractivity contribution in [1.82, 2.24) is 0 Å². The Morgan fingerprint density at radius 3 is 2.50 bits per heavy atom. The van der Waals surface area contributed by atoms with E-state index in [9.17, 15) is 5.11 Å². The van der Waals surface area contributed by atoms with Crippen LogP contribution in [0.3, 0.4) is 0 Å². The minimum absolute atomic E-state index is 0.283. The van der Waals surface area contributed by atoms with Crippen molar-refractivity contribution in [3.05, 3.63) is 35.9 Å². The van der Waals surface area contributed by atoms with Crippen LogP contribution in [0.25, 0.3) is 0 Å². The predicted octanol–water partition coefficient (Wildman–Crippen LogP) is 2.05. The van der Waals surface area contributed by atoms with Gasteiger partial charge in [-0.25, -0.2) is 5.11 Å². The summed E-state index contributed by atoms with van der Waals surface area (Å²) in [6.45, 7) is -0.283. The topological polar surface area (TPSA) is 19.9 Å². The predicted molar refractivity (Wildman–Crippen MR) is 48.1 cm³/mol. The second-order valence-corrected chi connectivity index (χ2v) is 2.48. The van der Waals surface area contributed by atoms with Gasteiger partial charge in [0.1, 0.15) is 6.61 Å². The third-order valence-electron chi connectivity index (χ3n) is 1.58. The van der Waals surface area contributed by atoms with E-state index in [4.69, 9.17) is 0 Å². The highest BCUT2D eigenvalue weighted by Crippen LogP contribution is 2.00. The van der Waals surface area contributed by atoms with E-state index in [1.807, 2.05) is 18.2 Å². The van der Waals surface area contributed by atoms with E-state index in [-0.39, 0.29) is 6.61 Å². The maximum Gasteiger partial charge on any atom is 0.143 e. The Bertz CT molecular complexity index is 266. The SMILES string of the molecule is [O]CC#CCCc1ccccc1. The molecular weight excluding hydrogens is 148 g/mol. The van der Waals surface area contributed by atoms with Gasteiger partial charge in [0.25, 0.3) is 0 Å². The molecule has 0 aliphatic heterocycles. The van der Waals surface area contributed by atoms with E-state index in [1.165, 1.54) is 5.56 Å². The van der Waals surface area contributed by atoms with E-state index in [0.29, 0.717) is 0 Å². The van der Waals surface area contributed by atoms with E-state index in [0.717, 1.165) is 12.8 Å². The monoisotopic (exact) mass is 159 g/mol. The van der Waals surface area contributed by atoms with Gasteiger partial charge >= 0.3 is 0 Å². The minimum atomic E-state index is -0.283. The third kappa shape index (κ3) is 3.23. The first-order chi connectivity index (χ1) is 5.93. The molecule has 1 rings (SSSR count). The van der Waals surface area contributed by atoms with E-state index < -0.39 is 0 Å². The molecule has 61 valence electrons. The van der Waals surface area contributed by atoms with Crippen molar-refractivity contribution in [3.63, 3.8) is 0 Å². The number of hydrogen-bond acceptors (Lipinski definition) is 0. The molecule has 0 unspecified atom stereocenters. The van der Waals surface area contributed by atoms with Crippen LogP contribution in [0.4, 0.5) is 0 Å². The van der Waals surface area contributed by atoms with E-state index in [1.54, 1.807) is 0 Å². The average Bonchev–Trinajstić information content (AvgIpc) is 2.14. The van der Waals surface area contributed by atoms with Crippen LogP contribution >= 0.6 is 0 Å². The second kappa shape index (κ2) is 5.40. The molecule has 0 heterocycles. The number of rotatable bonds is 2. The molecule has 0 saturated heterocycles. The van der Waals surface area contributed by atoms with Gasteiger partial charge in [0.2, 0.25) is 0 Å². The summed E-state index contributed by atoms with van der Waals surface area (Å²) in [5, 5.41) is 9.97. The fourth-order valence-electron chi connectivity index (χ4n) is 0.991. The number of benzene rings is 1. The number of aryl methyl sites for hydroxylation is 1. The van der Waals surface area contributed by atoms with Crippen LogP contribution in [0.1, 0.15) is 12.0 Å². The molecule has 0 aliphatic rings. The Morgan fingerprint density at radius 2 is 1.83 bits per heavy atom. The highest BCUT2D eigenvalue weighted by molar-refractivity contribution is 5.16. The summed E-state index contributed by atoms with van der Waals surface area (Å²) in [7, 11) is 0. The van der Waals surface area contributed by atoms with Crippen molar-refractivity contribution in [2.24, 2.45) is 0 Å². The lowest BCUT2D eigenvalue weighted by molar-refractivity contribution is 0.239. The molecule has 0 fully saturated rings. The smallest absolute Gasteiger partial charge is 0.143 e. The minimum Gasteiger partial charge on any atom is -0.223 e. The fraction of sp³-hybridized carbons (Fsp3) is 0.273. The van der Waals surface area contributed by atoms with Crippen LogP contribution < -0.4 is 0 Å². The first kappa shape index (κ1) is 8.83. The molecule has 1 aromatic carbocycles. The quantitative estimate of drug-likeness (QED) is 0.588. The zero-order valence-electron chi connectivity index (χ0n) is 6.92. The van der Waals surface area contributed by atoms with Gasteiger partial charge in [-0.15, -0.1) is 5.92 Å². The van der Waals surface area contributed by atoms with Crippen molar-refractivity contribution in [1.29, 1.82) is 0 Å². The first-order valence-electron chi connectivity index (χ1n) is 4.01. The van der Waals surface area contributed by atoms with Gasteiger partial charge in [0.15, 0.2) is 0 Å². The lowest BCUT2D eigenvalue weighted by Gasteiger charge is -1.94. The Hall–Kier alpha value is -1.26. The highest BCUT2D eigenvalue weighted by atomic mass is 16.2. The average molecular weight is 159 g/mol. The zero-order valence-corrected chi connectivity index (χ0v) is 6.92. The van der Waals surface area contributed by atoms with Gasteiger partial charge < -0.3 is 0 Å². The van der Waals surface area contributed by atoms with Crippen LogP contribution in [0.2, 0.25) is 0 Å². The second-order valence-electron chi connectivity index (χ2n) is 2.48. The largest absolute Gasteiger partial charge is 0.223 e. The van der Waals surface area contributed by atoms with E-state index >= 15 is 0 Å². The van der Waals surface area contributed by atoms with Gasteiger partial charge in [-0.1, -0.05) is 36.3 Å². The molecule has 1 aromatic rings. The standard InChI is InChI=1S/C11H11O/c12-10-6-2-5-9-11-7-3-1-4-8-11/h1,3-4,7-8H,5,9-10H2. The molecule has 0 saturated carbocycles. The molecule has 1 nitrogen and oxygen atoms in total. The van der Waals surface area contributed by atoms with Gasteiger partial charge in [0, 0.05) is 6.42 Å². The summed E-state index contributed by atoms with van der Waals surface area (Å²) >= 11 is 0. The van der Waals surface area contributed by atoms with Gasteiger partial charge in [0.05, 0.1) is 0 Å². The lowest BCUT2D eigenvalue weighted by Crippen LogP contribution is -1.81. The molecule has 0 amide bonds. The Balaban J connectivity index is 2.34. The Morgan fingerprint density at radius 1 is 1.08 bits per heavy atom. The van der Waals surface area contributed by atoms with Crippen LogP contribution in [-0.2, 0) is 11.5 Å². The Kier molecular flexibility index (Phi) is 3.97. The summed E-state index contributed by atoms with van der Waals surface area (Å²) in [4.78, 5) is 0. The van der Waals surface area contributed by atoms with Crippen LogP contribution in [0.5, 0.6) is 0 Å². The van der Waals surface area contributed by atoms with Gasteiger partial charge in [-0.05, 0) is 12.0 Å². The fourth-order valence-corrected chi connectivity index (χ4v) is 0.991. The third-order valence-corrected chi connectivity index (χ3v) is 1.58. The van der Waals surface area contributed by atoms with Crippen LogP contribution in [-0.4, -0.2) is 6.61 Å². The molecule has 0 bridgehead atoms. The molecule has 1 radical (unpaired) electrons. The van der Waals surface area contributed by atoms with Crippen LogP contribution in [0, 0.1) is 11.8 Å². The zero-order chi connectivity index (χ0) is 8.65. The normalized spacial score (nSPS) is 8.75. The van der Waals surface area contributed by atoms with Gasteiger partial charge in [-0.2, -0.15) is 0 Å². The molecule has 0 atom stereocenters. The Labute approximate surface area is 73.0 Å². The maximum absolute atomic E-state index is 9.97. The van der Waals surface area contributed by atoms with Crippen molar-refractivity contribution in [2.45, 2.75) is 12.8 Å². The molecule has 12 heavy (non-hydrogen) atoms. The molecule has 0 aromatic heterocycles. The number of hydrogen-bond donors (Lipinski definition) is 0. The van der Waals surface area contributed by atoms with Gasteiger partial charge in [-0.3, -0.25) is 0 Å². The molecule has 0 spiro atoms. The molecule has 1 heteroatoms. The summed E-state index contributed by atoms with van der Waals surface area (Å²) < 4.78 is 0. The molecule has 0 aliphatic carbocycles. The van der Waals surface area contributed by atoms with Crippen molar-refractivity contribution < 1.29 is 5.11 Å². The van der Waals surface area contributed by atoms with Crippen molar-refractivity contribution in [3.8, 4) is 11.8 Å². The molecule has 0 N–H and O–H groups in total. The molecular formula is C11H11O. The maximum atomic E-state index is 9.97. The lowest BCUT2D eigenvalue weighted by atomic mass is 10.1. The first-order valence-corrected chi connectivity index (χ1v) is 4.01. The highest BCUT2D eigenvalue weighted by Gasteiger charge is 1.86. The van der Waals surface area contributed by atoms with Crippen molar-refractivity contribution >= 4 is 0 Å². The summed E-state index contributed by atoms with van der Waals surface area (Å²) in [6, 6.07) is 10.2. The van der Waals surface area contributed by atoms with Crippen molar-refractivity contribution in [2.75, 3.05) is 6.61 Å². The summed E-state index contributed by atoms with van der Waals surface area (Å²) in [6.07, 6.45) is 1.72.